The molecule has 1 saturated heterocycles. The molecular weight excluding hydrogens is 254 g/mol. The summed E-state index contributed by atoms with van der Waals surface area (Å²) >= 11 is 0. The Morgan fingerprint density at radius 2 is 2.30 bits per heavy atom. The number of rotatable bonds is 3. The summed E-state index contributed by atoms with van der Waals surface area (Å²) in [7, 11) is 1.65. The SMILES string of the molecule is CCN1CCCC(n2c(=O)[nH]c3ccc(OC)cc32)C1. The van der Waals surface area contributed by atoms with Gasteiger partial charge in [-0.15, -0.1) is 0 Å². The Kier molecular flexibility index (Phi) is 3.53. The topological polar surface area (TPSA) is 50.3 Å². The molecule has 1 fully saturated rings. The van der Waals surface area contributed by atoms with Crippen LogP contribution in [0.4, 0.5) is 0 Å². The number of imidazole rings is 1. The molecule has 1 aliphatic heterocycles. The Morgan fingerprint density at radius 1 is 1.45 bits per heavy atom. The number of H-pyrrole nitrogens is 1. The maximum absolute atomic E-state index is 12.3. The fourth-order valence-corrected chi connectivity index (χ4v) is 3.12. The van der Waals surface area contributed by atoms with E-state index in [2.05, 4.69) is 16.8 Å². The number of hydrogen-bond acceptors (Lipinski definition) is 3. The zero-order chi connectivity index (χ0) is 14.1. The van der Waals surface area contributed by atoms with Crippen LogP contribution in [0.1, 0.15) is 25.8 Å². The lowest BCUT2D eigenvalue weighted by Gasteiger charge is -2.32. The zero-order valence-corrected chi connectivity index (χ0v) is 12.1. The number of likely N-dealkylation sites (N-methyl/N-ethyl adjacent to an activating group) is 1. The smallest absolute Gasteiger partial charge is 0.326 e. The molecule has 1 aliphatic rings. The van der Waals surface area contributed by atoms with E-state index in [0.29, 0.717) is 0 Å². The van der Waals surface area contributed by atoms with Gasteiger partial charge in [-0.1, -0.05) is 6.92 Å². The van der Waals surface area contributed by atoms with Crippen LogP contribution in [0.15, 0.2) is 23.0 Å². The van der Waals surface area contributed by atoms with Crippen LogP contribution in [-0.2, 0) is 0 Å². The van der Waals surface area contributed by atoms with Gasteiger partial charge in [0.2, 0.25) is 0 Å². The van der Waals surface area contributed by atoms with Crippen LogP contribution < -0.4 is 10.4 Å². The number of ether oxygens (including phenoxy) is 1. The molecule has 1 unspecified atom stereocenters. The summed E-state index contributed by atoms with van der Waals surface area (Å²) < 4.78 is 7.18. The van der Waals surface area contributed by atoms with Gasteiger partial charge >= 0.3 is 5.69 Å². The van der Waals surface area contributed by atoms with Crippen LogP contribution in [0.5, 0.6) is 5.75 Å². The number of methoxy groups -OCH3 is 1. The molecular formula is C15H21N3O2. The molecule has 0 saturated carbocycles. The lowest BCUT2D eigenvalue weighted by atomic mass is 10.1. The van der Waals surface area contributed by atoms with Crippen molar-refractivity contribution in [1.82, 2.24) is 14.5 Å². The van der Waals surface area contributed by atoms with Gasteiger partial charge in [-0.2, -0.15) is 0 Å². The first-order valence-corrected chi connectivity index (χ1v) is 7.23. The highest BCUT2D eigenvalue weighted by Gasteiger charge is 2.23. The highest BCUT2D eigenvalue weighted by Crippen LogP contribution is 2.25. The fraction of sp³-hybridized carbons (Fsp3) is 0.533. The standard InChI is InChI=1S/C15H21N3O2/c1-3-17-8-4-5-11(10-17)18-14-9-12(20-2)6-7-13(14)16-15(18)19/h6-7,9,11H,3-5,8,10H2,1-2H3,(H,16,19). The van der Waals surface area contributed by atoms with Crippen LogP contribution in [0.25, 0.3) is 11.0 Å². The average molecular weight is 275 g/mol. The summed E-state index contributed by atoms with van der Waals surface area (Å²) in [6, 6.07) is 5.98. The fourth-order valence-electron chi connectivity index (χ4n) is 3.12. The number of aromatic nitrogens is 2. The largest absolute Gasteiger partial charge is 0.497 e. The number of likely N-dealkylation sites (tertiary alicyclic amines) is 1. The summed E-state index contributed by atoms with van der Waals surface area (Å²) in [6.07, 6.45) is 2.20. The first-order chi connectivity index (χ1) is 9.72. The second-order valence-corrected chi connectivity index (χ2v) is 5.37. The number of nitrogens with one attached hydrogen (secondary N) is 1. The van der Waals surface area contributed by atoms with Crippen molar-refractivity contribution in [3.63, 3.8) is 0 Å². The van der Waals surface area contributed by atoms with Crippen molar-refractivity contribution in [3.8, 4) is 5.75 Å². The van der Waals surface area contributed by atoms with Crippen molar-refractivity contribution < 1.29 is 4.74 Å². The minimum atomic E-state index is -0.0174. The molecule has 108 valence electrons. The summed E-state index contributed by atoms with van der Waals surface area (Å²) in [5.41, 5.74) is 1.80. The van der Waals surface area contributed by atoms with Gasteiger partial charge < -0.3 is 14.6 Å². The highest BCUT2D eigenvalue weighted by molar-refractivity contribution is 5.77. The Labute approximate surface area is 118 Å². The first kappa shape index (κ1) is 13.2. The first-order valence-electron chi connectivity index (χ1n) is 7.23. The number of benzene rings is 1. The second kappa shape index (κ2) is 5.32. The third-order valence-electron chi connectivity index (χ3n) is 4.22. The predicted molar refractivity (Wildman–Crippen MR) is 79.5 cm³/mol. The molecule has 1 aromatic heterocycles. The molecule has 5 nitrogen and oxygen atoms in total. The number of nitrogens with zero attached hydrogens (tertiary/aromatic N) is 2. The maximum atomic E-state index is 12.3. The molecule has 5 heteroatoms. The third-order valence-corrected chi connectivity index (χ3v) is 4.22. The molecule has 0 bridgehead atoms. The molecule has 0 radical (unpaired) electrons. The van der Waals surface area contributed by atoms with Gasteiger partial charge in [0, 0.05) is 12.6 Å². The van der Waals surface area contributed by atoms with Crippen LogP contribution >= 0.6 is 0 Å². The molecule has 3 rings (SSSR count). The number of aromatic amines is 1. The lowest BCUT2D eigenvalue weighted by molar-refractivity contribution is 0.185. The monoisotopic (exact) mass is 275 g/mol. The minimum absolute atomic E-state index is 0.0174. The van der Waals surface area contributed by atoms with Gasteiger partial charge in [-0.25, -0.2) is 4.79 Å². The molecule has 2 heterocycles. The van der Waals surface area contributed by atoms with Gasteiger partial charge in [0.25, 0.3) is 0 Å². The van der Waals surface area contributed by atoms with E-state index in [1.807, 2.05) is 22.8 Å². The van der Waals surface area contributed by atoms with E-state index in [-0.39, 0.29) is 11.7 Å². The van der Waals surface area contributed by atoms with Crippen LogP contribution in [0.2, 0.25) is 0 Å². The third kappa shape index (κ3) is 2.22. The van der Waals surface area contributed by atoms with Gasteiger partial charge in [-0.3, -0.25) is 4.57 Å². The van der Waals surface area contributed by atoms with Gasteiger partial charge in [0.05, 0.1) is 24.2 Å². The summed E-state index contributed by atoms with van der Waals surface area (Å²) in [5, 5.41) is 0. The van der Waals surface area contributed by atoms with E-state index in [4.69, 9.17) is 4.74 Å². The summed E-state index contributed by atoms with van der Waals surface area (Å²) in [6.45, 7) is 5.29. The lowest BCUT2D eigenvalue weighted by Crippen LogP contribution is -2.38. The second-order valence-electron chi connectivity index (χ2n) is 5.37. The normalized spacial score (nSPS) is 20.4. The Bertz CT molecular complexity index is 659. The molecule has 1 atom stereocenters. The molecule has 1 aromatic carbocycles. The van der Waals surface area contributed by atoms with Crippen molar-refractivity contribution in [2.24, 2.45) is 0 Å². The van der Waals surface area contributed by atoms with Crippen molar-refractivity contribution >= 4 is 11.0 Å². The number of fused-ring (bicyclic) bond motifs is 1. The van der Waals surface area contributed by atoms with E-state index in [1.54, 1.807) is 7.11 Å². The Balaban J connectivity index is 2.05. The Hall–Kier alpha value is -1.75. The number of piperidine rings is 1. The van der Waals surface area contributed by atoms with Crippen LogP contribution in [0, 0.1) is 0 Å². The van der Waals surface area contributed by atoms with Crippen LogP contribution in [0.3, 0.4) is 0 Å². The van der Waals surface area contributed by atoms with E-state index in [1.165, 1.54) is 0 Å². The quantitative estimate of drug-likeness (QED) is 0.932. The summed E-state index contributed by atoms with van der Waals surface area (Å²) in [5.74, 6) is 0.786. The molecule has 0 aliphatic carbocycles. The maximum Gasteiger partial charge on any atom is 0.326 e. The molecule has 0 amide bonds. The van der Waals surface area contributed by atoms with Crippen molar-refractivity contribution in [2.75, 3.05) is 26.7 Å². The minimum Gasteiger partial charge on any atom is -0.497 e. The van der Waals surface area contributed by atoms with E-state index in [9.17, 15) is 4.79 Å². The van der Waals surface area contributed by atoms with Gasteiger partial charge in [0.1, 0.15) is 5.75 Å². The van der Waals surface area contributed by atoms with E-state index < -0.39 is 0 Å². The summed E-state index contributed by atoms with van der Waals surface area (Å²) in [4.78, 5) is 17.6. The molecule has 0 spiro atoms. The highest BCUT2D eigenvalue weighted by atomic mass is 16.5. The van der Waals surface area contributed by atoms with E-state index in [0.717, 1.165) is 49.3 Å². The Morgan fingerprint density at radius 3 is 3.05 bits per heavy atom. The zero-order valence-electron chi connectivity index (χ0n) is 12.1. The van der Waals surface area contributed by atoms with Crippen molar-refractivity contribution in [1.29, 1.82) is 0 Å². The van der Waals surface area contributed by atoms with Gasteiger partial charge in [-0.05, 0) is 38.1 Å². The van der Waals surface area contributed by atoms with E-state index >= 15 is 0 Å². The van der Waals surface area contributed by atoms with Crippen molar-refractivity contribution in [2.45, 2.75) is 25.8 Å². The predicted octanol–water partition coefficient (Wildman–Crippen LogP) is 1.99. The molecule has 2 aromatic rings. The van der Waals surface area contributed by atoms with Crippen LogP contribution in [-0.4, -0.2) is 41.2 Å². The molecule has 20 heavy (non-hydrogen) atoms. The molecule has 1 N–H and O–H groups in total. The number of hydrogen-bond donors (Lipinski definition) is 1. The average Bonchev–Trinajstić information content (AvgIpc) is 2.82. The van der Waals surface area contributed by atoms with Gasteiger partial charge in [0.15, 0.2) is 0 Å². The van der Waals surface area contributed by atoms with Crippen molar-refractivity contribution in [3.05, 3.63) is 28.7 Å².